The molecule has 1 unspecified atom stereocenters. The predicted molar refractivity (Wildman–Crippen MR) is 82.8 cm³/mol. The van der Waals surface area contributed by atoms with E-state index in [-0.39, 0.29) is 0 Å². The summed E-state index contributed by atoms with van der Waals surface area (Å²) in [5, 5.41) is 17.4. The molecule has 0 amide bonds. The van der Waals surface area contributed by atoms with Gasteiger partial charge in [-0.25, -0.2) is 0 Å². The monoisotopic (exact) mass is 275 g/mol. The van der Waals surface area contributed by atoms with Crippen molar-refractivity contribution in [2.24, 2.45) is 5.92 Å². The Labute approximate surface area is 119 Å². The van der Waals surface area contributed by atoms with E-state index < -0.39 is 6.10 Å². The van der Waals surface area contributed by atoms with E-state index >= 15 is 0 Å². The molecule has 2 N–H and O–H groups in total. The average Bonchev–Trinajstić information content (AvgIpc) is 2.89. The molecule has 1 aromatic carbocycles. The minimum absolute atomic E-state index is 0.465. The standard InChI is InChI=1S/C16H21NOS/c1-12(2)9-13-3-5-14(6-4-13)16(18)10-17-15-7-8-19-11-15/h3-8,11-12,16-18H,9-10H2,1-2H3. The van der Waals surface area contributed by atoms with Gasteiger partial charge in [0.2, 0.25) is 0 Å². The molecule has 0 spiro atoms. The Hall–Kier alpha value is -1.32. The molecular weight excluding hydrogens is 254 g/mol. The number of thiophene rings is 1. The SMILES string of the molecule is CC(C)Cc1ccc(C(O)CNc2ccsc2)cc1. The van der Waals surface area contributed by atoms with Crippen LogP contribution in [0, 0.1) is 5.92 Å². The van der Waals surface area contributed by atoms with Gasteiger partial charge in [0.15, 0.2) is 0 Å². The molecule has 0 aliphatic rings. The smallest absolute Gasteiger partial charge is 0.0962 e. The number of anilines is 1. The fourth-order valence-electron chi connectivity index (χ4n) is 2.04. The molecule has 1 heterocycles. The molecule has 0 aliphatic heterocycles. The molecule has 1 atom stereocenters. The number of benzene rings is 1. The minimum atomic E-state index is -0.465. The van der Waals surface area contributed by atoms with E-state index in [1.165, 1.54) is 5.56 Å². The van der Waals surface area contributed by atoms with Gasteiger partial charge in [0.1, 0.15) is 0 Å². The molecule has 3 heteroatoms. The Morgan fingerprint density at radius 1 is 1.16 bits per heavy atom. The van der Waals surface area contributed by atoms with Crippen molar-refractivity contribution in [3.05, 3.63) is 52.2 Å². The molecule has 2 nitrogen and oxygen atoms in total. The summed E-state index contributed by atoms with van der Waals surface area (Å²) in [4.78, 5) is 0. The highest BCUT2D eigenvalue weighted by Gasteiger charge is 2.07. The maximum atomic E-state index is 10.1. The van der Waals surface area contributed by atoms with E-state index in [1.807, 2.05) is 29.0 Å². The molecule has 2 aromatic rings. The second-order valence-corrected chi connectivity index (χ2v) is 6.03. The highest BCUT2D eigenvalue weighted by molar-refractivity contribution is 7.08. The first-order valence-corrected chi connectivity index (χ1v) is 7.62. The lowest BCUT2D eigenvalue weighted by Crippen LogP contribution is -2.11. The van der Waals surface area contributed by atoms with Crippen LogP contribution < -0.4 is 5.32 Å². The van der Waals surface area contributed by atoms with Crippen LogP contribution in [-0.2, 0) is 6.42 Å². The third kappa shape index (κ3) is 4.37. The van der Waals surface area contributed by atoms with Crippen LogP contribution in [0.15, 0.2) is 41.1 Å². The van der Waals surface area contributed by atoms with Gasteiger partial charge in [-0.3, -0.25) is 0 Å². The Bertz CT molecular complexity index is 476. The van der Waals surface area contributed by atoms with E-state index in [0.29, 0.717) is 12.5 Å². The summed E-state index contributed by atoms with van der Waals surface area (Å²) in [7, 11) is 0. The van der Waals surface area contributed by atoms with Crippen LogP contribution in [0.25, 0.3) is 0 Å². The van der Waals surface area contributed by atoms with Gasteiger partial charge in [0, 0.05) is 17.6 Å². The van der Waals surface area contributed by atoms with Crippen LogP contribution in [-0.4, -0.2) is 11.7 Å². The Morgan fingerprint density at radius 2 is 1.89 bits per heavy atom. The molecule has 0 aliphatic carbocycles. The molecule has 0 saturated carbocycles. The molecule has 0 bridgehead atoms. The summed E-state index contributed by atoms with van der Waals surface area (Å²) in [5.74, 6) is 0.663. The highest BCUT2D eigenvalue weighted by Crippen LogP contribution is 2.18. The van der Waals surface area contributed by atoms with Crippen molar-refractivity contribution in [3.8, 4) is 0 Å². The first-order chi connectivity index (χ1) is 9.15. The van der Waals surface area contributed by atoms with Crippen molar-refractivity contribution in [2.75, 3.05) is 11.9 Å². The topological polar surface area (TPSA) is 32.3 Å². The lowest BCUT2D eigenvalue weighted by atomic mass is 10.0. The Kier molecular flexibility index (Phi) is 5.00. The zero-order valence-electron chi connectivity index (χ0n) is 11.5. The zero-order chi connectivity index (χ0) is 13.7. The van der Waals surface area contributed by atoms with E-state index in [9.17, 15) is 5.11 Å². The van der Waals surface area contributed by atoms with Gasteiger partial charge in [-0.1, -0.05) is 38.1 Å². The molecule has 0 fully saturated rings. The third-order valence-corrected chi connectivity index (χ3v) is 3.71. The fraction of sp³-hybridized carbons (Fsp3) is 0.375. The van der Waals surface area contributed by atoms with Gasteiger partial charge in [0.25, 0.3) is 0 Å². The van der Waals surface area contributed by atoms with Gasteiger partial charge in [-0.2, -0.15) is 11.3 Å². The van der Waals surface area contributed by atoms with Gasteiger partial charge in [-0.05, 0) is 34.9 Å². The van der Waals surface area contributed by atoms with Crippen LogP contribution in [0.4, 0.5) is 5.69 Å². The largest absolute Gasteiger partial charge is 0.387 e. The van der Waals surface area contributed by atoms with Crippen molar-refractivity contribution < 1.29 is 5.11 Å². The van der Waals surface area contributed by atoms with E-state index in [4.69, 9.17) is 0 Å². The van der Waals surface area contributed by atoms with Crippen molar-refractivity contribution in [1.82, 2.24) is 0 Å². The predicted octanol–water partition coefficient (Wildman–Crippen LogP) is 4.09. The average molecular weight is 275 g/mol. The van der Waals surface area contributed by atoms with Crippen LogP contribution in [0.1, 0.15) is 31.1 Å². The Balaban J connectivity index is 1.90. The number of rotatable bonds is 6. The van der Waals surface area contributed by atoms with Gasteiger partial charge >= 0.3 is 0 Å². The summed E-state index contributed by atoms with van der Waals surface area (Å²) in [6.07, 6.45) is 0.622. The number of hydrogen-bond donors (Lipinski definition) is 2. The van der Waals surface area contributed by atoms with Crippen LogP contribution in [0.3, 0.4) is 0 Å². The maximum absolute atomic E-state index is 10.1. The van der Waals surface area contributed by atoms with Crippen LogP contribution in [0.5, 0.6) is 0 Å². The lowest BCUT2D eigenvalue weighted by Gasteiger charge is -2.13. The lowest BCUT2D eigenvalue weighted by molar-refractivity contribution is 0.191. The summed E-state index contributed by atoms with van der Waals surface area (Å²) in [5.41, 5.74) is 3.37. The van der Waals surface area contributed by atoms with Crippen molar-refractivity contribution in [1.29, 1.82) is 0 Å². The fourth-order valence-corrected chi connectivity index (χ4v) is 2.66. The quantitative estimate of drug-likeness (QED) is 0.832. The molecule has 2 rings (SSSR count). The number of aliphatic hydroxyl groups excluding tert-OH is 1. The highest BCUT2D eigenvalue weighted by atomic mass is 32.1. The van der Waals surface area contributed by atoms with Crippen molar-refractivity contribution >= 4 is 17.0 Å². The molecular formula is C16H21NOS. The van der Waals surface area contributed by atoms with Gasteiger partial charge in [0.05, 0.1) is 6.10 Å². The van der Waals surface area contributed by atoms with Crippen LogP contribution >= 0.6 is 11.3 Å². The summed E-state index contributed by atoms with van der Waals surface area (Å²) in [6, 6.07) is 10.3. The molecule has 19 heavy (non-hydrogen) atoms. The van der Waals surface area contributed by atoms with Crippen molar-refractivity contribution in [3.63, 3.8) is 0 Å². The van der Waals surface area contributed by atoms with Crippen LogP contribution in [0.2, 0.25) is 0 Å². The first-order valence-electron chi connectivity index (χ1n) is 6.68. The van der Waals surface area contributed by atoms with E-state index in [2.05, 4.69) is 31.3 Å². The van der Waals surface area contributed by atoms with Crippen molar-refractivity contribution in [2.45, 2.75) is 26.4 Å². The Morgan fingerprint density at radius 3 is 2.47 bits per heavy atom. The van der Waals surface area contributed by atoms with Gasteiger partial charge < -0.3 is 10.4 Å². The van der Waals surface area contributed by atoms with E-state index in [1.54, 1.807) is 11.3 Å². The minimum Gasteiger partial charge on any atom is -0.387 e. The summed E-state index contributed by atoms with van der Waals surface area (Å²) in [6.45, 7) is 4.97. The summed E-state index contributed by atoms with van der Waals surface area (Å²) < 4.78 is 0. The number of nitrogens with one attached hydrogen (secondary N) is 1. The zero-order valence-corrected chi connectivity index (χ0v) is 12.3. The maximum Gasteiger partial charge on any atom is 0.0962 e. The number of aliphatic hydroxyl groups is 1. The normalized spacial score (nSPS) is 12.6. The second kappa shape index (κ2) is 6.73. The molecule has 0 saturated heterocycles. The summed E-state index contributed by atoms with van der Waals surface area (Å²) >= 11 is 1.65. The molecule has 1 aromatic heterocycles. The third-order valence-electron chi connectivity index (χ3n) is 3.03. The van der Waals surface area contributed by atoms with Gasteiger partial charge in [-0.15, -0.1) is 0 Å². The van der Waals surface area contributed by atoms with E-state index in [0.717, 1.165) is 17.7 Å². The first kappa shape index (κ1) is 14.1. The molecule has 102 valence electrons. The number of hydrogen-bond acceptors (Lipinski definition) is 3. The molecule has 0 radical (unpaired) electrons. The second-order valence-electron chi connectivity index (χ2n) is 5.25.